The Labute approximate surface area is 154 Å². The standard InChI is InChI=1S/C17H25N3O5S/c1-6-9-25-14-8-7-13(10-15(14)24-4)11-18-19-17(21)16(12(2)3)20-26(5,22)23/h1,7-8,10,12,16,18,20H,9,11H2,2-5H3,(H,19,21). The Bertz CT molecular complexity index is 756. The summed E-state index contributed by atoms with van der Waals surface area (Å²) in [6, 6.07) is 4.39. The van der Waals surface area contributed by atoms with E-state index in [0.717, 1.165) is 11.8 Å². The Kier molecular flexibility index (Phi) is 8.38. The van der Waals surface area contributed by atoms with Crippen molar-refractivity contribution in [2.75, 3.05) is 20.0 Å². The number of carbonyl (C=O) groups excluding carboxylic acids is 1. The van der Waals surface area contributed by atoms with Gasteiger partial charge in [0.05, 0.1) is 13.4 Å². The van der Waals surface area contributed by atoms with Crippen molar-refractivity contribution in [2.45, 2.75) is 26.4 Å². The fourth-order valence-corrected chi connectivity index (χ4v) is 2.94. The number of terminal acetylenes is 1. The van der Waals surface area contributed by atoms with E-state index >= 15 is 0 Å². The highest BCUT2D eigenvalue weighted by Gasteiger charge is 2.25. The van der Waals surface area contributed by atoms with Crippen LogP contribution in [0.15, 0.2) is 18.2 Å². The molecular weight excluding hydrogens is 358 g/mol. The summed E-state index contributed by atoms with van der Waals surface area (Å²) in [5, 5.41) is 0. The fraction of sp³-hybridized carbons (Fsp3) is 0.471. The molecule has 9 heteroatoms. The third kappa shape index (κ3) is 7.31. The van der Waals surface area contributed by atoms with E-state index in [2.05, 4.69) is 21.5 Å². The molecule has 3 N–H and O–H groups in total. The minimum Gasteiger partial charge on any atom is -0.493 e. The lowest BCUT2D eigenvalue weighted by atomic mass is 10.1. The summed E-state index contributed by atoms with van der Waals surface area (Å²) in [6.07, 6.45) is 6.18. The number of hydrogen-bond donors (Lipinski definition) is 3. The summed E-state index contributed by atoms with van der Waals surface area (Å²) in [7, 11) is -1.98. The molecule has 0 fully saturated rings. The number of rotatable bonds is 10. The van der Waals surface area contributed by atoms with Gasteiger partial charge in [-0.05, 0) is 23.6 Å². The van der Waals surface area contributed by atoms with Crippen molar-refractivity contribution >= 4 is 15.9 Å². The molecule has 0 spiro atoms. The maximum atomic E-state index is 12.2. The average molecular weight is 383 g/mol. The summed E-state index contributed by atoms with van der Waals surface area (Å²) in [6.45, 7) is 3.94. The van der Waals surface area contributed by atoms with Crippen LogP contribution in [0, 0.1) is 18.3 Å². The molecule has 26 heavy (non-hydrogen) atoms. The van der Waals surface area contributed by atoms with Crippen molar-refractivity contribution in [2.24, 2.45) is 5.92 Å². The second kappa shape index (κ2) is 10.0. The number of methoxy groups -OCH3 is 1. The molecule has 0 aliphatic heterocycles. The van der Waals surface area contributed by atoms with Crippen LogP contribution in [0.2, 0.25) is 0 Å². The van der Waals surface area contributed by atoms with Crippen molar-refractivity contribution in [3.8, 4) is 23.8 Å². The van der Waals surface area contributed by atoms with Gasteiger partial charge in [0.25, 0.3) is 5.91 Å². The Morgan fingerprint density at radius 3 is 2.54 bits per heavy atom. The molecule has 144 valence electrons. The third-order valence-electron chi connectivity index (χ3n) is 3.33. The zero-order chi connectivity index (χ0) is 19.7. The van der Waals surface area contributed by atoms with Crippen LogP contribution in [-0.2, 0) is 21.4 Å². The quantitative estimate of drug-likeness (QED) is 0.399. The van der Waals surface area contributed by atoms with E-state index in [0.29, 0.717) is 18.0 Å². The molecule has 0 aromatic heterocycles. The lowest BCUT2D eigenvalue weighted by molar-refractivity contribution is -0.124. The average Bonchev–Trinajstić information content (AvgIpc) is 2.57. The molecule has 0 aliphatic carbocycles. The van der Waals surface area contributed by atoms with Gasteiger partial charge in [0.15, 0.2) is 11.5 Å². The van der Waals surface area contributed by atoms with Crippen LogP contribution in [0.5, 0.6) is 11.5 Å². The first-order valence-electron chi connectivity index (χ1n) is 7.91. The maximum Gasteiger partial charge on any atom is 0.252 e. The van der Waals surface area contributed by atoms with E-state index in [1.54, 1.807) is 32.0 Å². The zero-order valence-electron chi connectivity index (χ0n) is 15.3. The van der Waals surface area contributed by atoms with Crippen LogP contribution in [0.1, 0.15) is 19.4 Å². The largest absolute Gasteiger partial charge is 0.493 e. The Balaban J connectivity index is 2.66. The first-order chi connectivity index (χ1) is 12.2. The SMILES string of the molecule is C#CCOc1ccc(CNNC(=O)C(NS(C)(=O)=O)C(C)C)cc1OC. The Morgan fingerprint density at radius 1 is 1.31 bits per heavy atom. The maximum absolute atomic E-state index is 12.2. The molecule has 1 unspecified atom stereocenters. The van der Waals surface area contributed by atoms with Crippen LogP contribution >= 0.6 is 0 Å². The fourth-order valence-electron chi connectivity index (χ4n) is 2.09. The molecular formula is C17H25N3O5S. The zero-order valence-corrected chi connectivity index (χ0v) is 16.1. The van der Waals surface area contributed by atoms with Crippen LogP contribution in [0.4, 0.5) is 0 Å². The predicted molar refractivity (Wildman–Crippen MR) is 98.9 cm³/mol. The Morgan fingerprint density at radius 2 is 2.00 bits per heavy atom. The van der Waals surface area contributed by atoms with Crippen LogP contribution in [0.3, 0.4) is 0 Å². The minimum absolute atomic E-state index is 0.133. The molecule has 8 nitrogen and oxygen atoms in total. The smallest absolute Gasteiger partial charge is 0.252 e. The van der Waals surface area contributed by atoms with Gasteiger partial charge in [-0.3, -0.25) is 10.2 Å². The lowest BCUT2D eigenvalue weighted by Crippen LogP contribution is -2.52. The van der Waals surface area contributed by atoms with Crippen molar-refractivity contribution in [1.82, 2.24) is 15.6 Å². The van der Waals surface area contributed by atoms with Crippen molar-refractivity contribution < 1.29 is 22.7 Å². The van der Waals surface area contributed by atoms with Gasteiger partial charge in [-0.25, -0.2) is 18.6 Å². The molecule has 0 heterocycles. The van der Waals surface area contributed by atoms with Gasteiger partial charge in [-0.2, -0.15) is 0 Å². The number of sulfonamides is 1. The molecule has 1 atom stereocenters. The second-order valence-corrected chi connectivity index (χ2v) is 7.71. The lowest BCUT2D eigenvalue weighted by Gasteiger charge is -2.20. The van der Waals surface area contributed by atoms with E-state index in [1.165, 1.54) is 7.11 Å². The van der Waals surface area contributed by atoms with Gasteiger partial charge in [0.1, 0.15) is 12.6 Å². The van der Waals surface area contributed by atoms with Crippen molar-refractivity contribution in [3.05, 3.63) is 23.8 Å². The molecule has 1 aromatic carbocycles. The molecule has 1 rings (SSSR count). The number of nitrogens with one attached hydrogen (secondary N) is 3. The number of amides is 1. The predicted octanol–water partition coefficient (Wildman–Crippen LogP) is 0.402. The van der Waals surface area contributed by atoms with E-state index in [9.17, 15) is 13.2 Å². The number of carbonyl (C=O) groups is 1. The number of hydrogen-bond acceptors (Lipinski definition) is 6. The summed E-state index contributed by atoms with van der Waals surface area (Å²) in [4.78, 5) is 12.2. The van der Waals surface area contributed by atoms with E-state index < -0.39 is 22.0 Å². The molecule has 1 amide bonds. The van der Waals surface area contributed by atoms with E-state index in [4.69, 9.17) is 15.9 Å². The normalized spacial score (nSPS) is 12.3. The summed E-state index contributed by atoms with van der Waals surface area (Å²) in [5.74, 6) is 2.74. The first-order valence-corrected chi connectivity index (χ1v) is 9.80. The second-order valence-electron chi connectivity index (χ2n) is 5.93. The summed E-state index contributed by atoms with van der Waals surface area (Å²) >= 11 is 0. The summed E-state index contributed by atoms with van der Waals surface area (Å²) < 4.78 is 35.7. The van der Waals surface area contributed by atoms with Gasteiger partial charge < -0.3 is 9.47 Å². The minimum atomic E-state index is -3.50. The molecule has 0 saturated heterocycles. The number of benzene rings is 1. The van der Waals surface area contributed by atoms with Gasteiger partial charge in [-0.15, -0.1) is 6.42 Å². The first kappa shape index (κ1) is 21.8. The van der Waals surface area contributed by atoms with Gasteiger partial charge in [-0.1, -0.05) is 25.8 Å². The highest BCUT2D eigenvalue weighted by atomic mass is 32.2. The molecule has 0 saturated carbocycles. The van der Waals surface area contributed by atoms with Crippen molar-refractivity contribution in [3.63, 3.8) is 0 Å². The molecule has 0 aliphatic rings. The summed E-state index contributed by atoms with van der Waals surface area (Å²) in [5.41, 5.74) is 6.11. The monoisotopic (exact) mass is 383 g/mol. The highest BCUT2D eigenvalue weighted by Crippen LogP contribution is 2.27. The van der Waals surface area contributed by atoms with Gasteiger partial charge in [0.2, 0.25) is 10.0 Å². The number of ether oxygens (including phenoxy) is 2. The topological polar surface area (TPSA) is 106 Å². The van der Waals surface area contributed by atoms with Gasteiger partial charge >= 0.3 is 0 Å². The van der Waals surface area contributed by atoms with Gasteiger partial charge in [0, 0.05) is 6.54 Å². The molecule has 1 aromatic rings. The molecule has 0 radical (unpaired) electrons. The number of hydrazine groups is 1. The van der Waals surface area contributed by atoms with E-state index in [1.807, 2.05) is 0 Å². The highest BCUT2D eigenvalue weighted by molar-refractivity contribution is 7.88. The third-order valence-corrected chi connectivity index (χ3v) is 4.02. The van der Waals surface area contributed by atoms with E-state index in [-0.39, 0.29) is 12.5 Å². The van der Waals surface area contributed by atoms with Crippen LogP contribution in [0.25, 0.3) is 0 Å². The Hall–Kier alpha value is -2.28. The molecule has 0 bridgehead atoms. The van der Waals surface area contributed by atoms with Crippen LogP contribution in [-0.4, -0.2) is 40.3 Å². The van der Waals surface area contributed by atoms with Crippen LogP contribution < -0.4 is 25.0 Å². The van der Waals surface area contributed by atoms with Crippen molar-refractivity contribution in [1.29, 1.82) is 0 Å².